The van der Waals surface area contributed by atoms with Crippen molar-refractivity contribution < 1.29 is 18.9 Å². The molecule has 2 aromatic carbocycles. The molecule has 0 aliphatic carbocycles. The Bertz CT molecular complexity index is 1380. The van der Waals surface area contributed by atoms with Crippen molar-refractivity contribution >= 4 is 58.2 Å². The van der Waals surface area contributed by atoms with Gasteiger partial charge in [-0.15, -0.1) is 0 Å². The molecule has 1 N–H and O–H groups in total. The number of anilines is 1. The van der Waals surface area contributed by atoms with Gasteiger partial charge >= 0.3 is 0 Å². The van der Waals surface area contributed by atoms with Crippen molar-refractivity contribution in [2.45, 2.75) is 13.8 Å². The maximum absolute atomic E-state index is 13.2. The minimum atomic E-state index is -0.641. The first-order valence-corrected chi connectivity index (χ1v) is 10.5. The molecule has 1 saturated heterocycles. The van der Waals surface area contributed by atoms with Crippen LogP contribution in [0.15, 0.2) is 58.5 Å². The molecule has 0 bridgehead atoms. The molecule has 0 saturated carbocycles. The lowest BCUT2D eigenvalue weighted by molar-refractivity contribution is -0.384. The number of nitrogens with one attached hydrogen (secondary N) is 1. The van der Waals surface area contributed by atoms with Gasteiger partial charge in [0.15, 0.2) is 5.11 Å². The third kappa shape index (κ3) is 4.15. The van der Waals surface area contributed by atoms with Crippen molar-refractivity contribution in [3.63, 3.8) is 0 Å². The van der Waals surface area contributed by atoms with Crippen LogP contribution in [0.1, 0.15) is 16.9 Å². The lowest BCUT2D eigenvalue weighted by Gasteiger charge is -2.30. The standard InChI is InChI=1S/C23H16ClN3O5S/c1-12-4-3-5-19(13(12)2)26-22(29)17(21(28)25-23(26)33)11-15-7-9-20(32-15)16-8-6-14(27(30)31)10-18(16)24/h3-11H,1-2H3,(H,25,28,33)/b17-11+. The van der Waals surface area contributed by atoms with Crippen LogP contribution in [-0.4, -0.2) is 21.9 Å². The third-order valence-electron chi connectivity index (χ3n) is 5.26. The van der Waals surface area contributed by atoms with Crippen molar-refractivity contribution in [1.82, 2.24) is 5.32 Å². The molecule has 3 aromatic rings. The highest BCUT2D eigenvalue weighted by molar-refractivity contribution is 7.80. The Morgan fingerprint density at radius 1 is 1.15 bits per heavy atom. The fraction of sp³-hybridized carbons (Fsp3) is 0.0870. The second kappa shape index (κ2) is 8.61. The highest BCUT2D eigenvalue weighted by Crippen LogP contribution is 2.33. The fourth-order valence-electron chi connectivity index (χ4n) is 3.39. The summed E-state index contributed by atoms with van der Waals surface area (Å²) >= 11 is 11.4. The van der Waals surface area contributed by atoms with Crippen LogP contribution in [0.5, 0.6) is 0 Å². The summed E-state index contributed by atoms with van der Waals surface area (Å²) in [7, 11) is 0. The summed E-state index contributed by atoms with van der Waals surface area (Å²) in [5, 5.41) is 13.6. The molecule has 0 atom stereocenters. The topological polar surface area (TPSA) is 106 Å². The number of aryl methyl sites for hydroxylation is 1. The number of amides is 2. The van der Waals surface area contributed by atoms with Crippen LogP contribution in [0.2, 0.25) is 5.02 Å². The molecule has 1 fully saturated rings. The van der Waals surface area contributed by atoms with Crippen LogP contribution < -0.4 is 10.2 Å². The molecule has 8 nitrogen and oxygen atoms in total. The maximum atomic E-state index is 13.2. The number of halogens is 1. The Balaban J connectivity index is 1.69. The highest BCUT2D eigenvalue weighted by atomic mass is 35.5. The highest BCUT2D eigenvalue weighted by Gasteiger charge is 2.35. The first-order chi connectivity index (χ1) is 15.7. The van der Waals surface area contributed by atoms with Crippen LogP contribution in [0.25, 0.3) is 17.4 Å². The van der Waals surface area contributed by atoms with Crippen LogP contribution in [0.4, 0.5) is 11.4 Å². The number of rotatable bonds is 4. The van der Waals surface area contributed by atoms with E-state index in [0.29, 0.717) is 17.0 Å². The zero-order valence-electron chi connectivity index (χ0n) is 17.4. The Morgan fingerprint density at radius 2 is 1.91 bits per heavy atom. The number of thiocarbonyl (C=S) groups is 1. The second-order valence-corrected chi connectivity index (χ2v) is 8.09. The number of nitrogens with zero attached hydrogens (tertiary/aromatic N) is 2. The lowest BCUT2D eigenvalue weighted by Crippen LogP contribution is -2.54. The summed E-state index contributed by atoms with van der Waals surface area (Å²) < 4.78 is 5.75. The molecular weight excluding hydrogens is 466 g/mol. The molecule has 0 radical (unpaired) electrons. The van der Waals surface area contributed by atoms with Gasteiger partial charge in [-0.2, -0.15) is 0 Å². The molecule has 166 valence electrons. The number of benzene rings is 2. The molecule has 0 unspecified atom stereocenters. The molecule has 4 rings (SSSR count). The number of carbonyl (C=O) groups excluding carboxylic acids is 2. The fourth-order valence-corrected chi connectivity index (χ4v) is 3.93. The summed E-state index contributed by atoms with van der Waals surface area (Å²) in [4.78, 5) is 37.4. The normalized spacial score (nSPS) is 15.2. The summed E-state index contributed by atoms with van der Waals surface area (Å²) in [6.45, 7) is 3.78. The van der Waals surface area contributed by atoms with Crippen LogP contribution in [0.3, 0.4) is 0 Å². The van der Waals surface area contributed by atoms with Crippen molar-refractivity contribution in [2.75, 3.05) is 4.90 Å². The molecule has 1 aliphatic rings. The first-order valence-electron chi connectivity index (χ1n) is 9.69. The number of furan rings is 1. The average Bonchev–Trinajstić information content (AvgIpc) is 3.22. The van der Waals surface area contributed by atoms with Gasteiger partial charge in [-0.3, -0.25) is 29.9 Å². The van der Waals surface area contributed by atoms with E-state index >= 15 is 0 Å². The van der Waals surface area contributed by atoms with E-state index in [1.54, 1.807) is 24.3 Å². The van der Waals surface area contributed by atoms with Gasteiger partial charge in [0, 0.05) is 17.7 Å². The number of hydrogen-bond donors (Lipinski definition) is 1. The van der Waals surface area contributed by atoms with Crippen molar-refractivity contribution in [3.8, 4) is 11.3 Å². The van der Waals surface area contributed by atoms with Gasteiger partial charge in [-0.1, -0.05) is 23.7 Å². The van der Waals surface area contributed by atoms with Gasteiger partial charge in [-0.25, -0.2) is 0 Å². The van der Waals surface area contributed by atoms with E-state index in [4.69, 9.17) is 28.2 Å². The Hall–Kier alpha value is -3.82. The SMILES string of the molecule is Cc1cccc(N2C(=O)/C(=C/c3ccc(-c4ccc([N+](=O)[O-])cc4Cl)o3)C(=O)NC2=S)c1C. The van der Waals surface area contributed by atoms with E-state index in [0.717, 1.165) is 11.1 Å². The number of nitro groups is 1. The van der Waals surface area contributed by atoms with Gasteiger partial charge in [0.25, 0.3) is 17.5 Å². The van der Waals surface area contributed by atoms with E-state index < -0.39 is 16.7 Å². The van der Waals surface area contributed by atoms with E-state index in [2.05, 4.69) is 5.32 Å². The predicted molar refractivity (Wildman–Crippen MR) is 128 cm³/mol. The van der Waals surface area contributed by atoms with Gasteiger partial charge in [0.2, 0.25) is 0 Å². The second-order valence-electron chi connectivity index (χ2n) is 7.30. The quantitative estimate of drug-likeness (QED) is 0.186. The minimum absolute atomic E-state index is 0.00588. The van der Waals surface area contributed by atoms with Crippen LogP contribution in [0, 0.1) is 24.0 Å². The molecule has 1 aromatic heterocycles. The number of non-ortho nitro benzene ring substituents is 1. The molecule has 33 heavy (non-hydrogen) atoms. The van der Waals surface area contributed by atoms with Gasteiger partial charge < -0.3 is 4.42 Å². The zero-order chi connectivity index (χ0) is 23.9. The molecule has 1 aliphatic heterocycles. The number of carbonyl (C=O) groups is 2. The van der Waals surface area contributed by atoms with Gasteiger partial charge in [-0.05, 0) is 67.5 Å². The van der Waals surface area contributed by atoms with Crippen LogP contribution >= 0.6 is 23.8 Å². The Morgan fingerprint density at radius 3 is 2.61 bits per heavy atom. The average molecular weight is 482 g/mol. The lowest BCUT2D eigenvalue weighted by atomic mass is 10.0. The summed E-state index contributed by atoms with van der Waals surface area (Å²) in [6.07, 6.45) is 1.32. The van der Waals surface area contributed by atoms with Crippen LogP contribution in [-0.2, 0) is 9.59 Å². The molecule has 2 amide bonds. The number of nitro benzene ring substituents is 1. The monoisotopic (exact) mass is 481 g/mol. The zero-order valence-corrected chi connectivity index (χ0v) is 19.0. The van der Waals surface area contributed by atoms with E-state index in [-0.39, 0.29) is 27.2 Å². The summed E-state index contributed by atoms with van der Waals surface area (Å²) in [5.41, 5.74) is 2.54. The largest absolute Gasteiger partial charge is 0.457 e. The maximum Gasteiger partial charge on any atom is 0.270 e. The van der Waals surface area contributed by atoms with E-state index in [9.17, 15) is 19.7 Å². The van der Waals surface area contributed by atoms with Crippen molar-refractivity contribution in [3.05, 3.63) is 86.1 Å². The predicted octanol–water partition coefficient (Wildman–Crippen LogP) is 4.96. The minimum Gasteiger partial charge on any atom is -0.457 e. The Kier molecular flexibility index (Phi) is 5.84. The molecule has 0 spiro atoms. The Labute approximate surface area is 198 Å². The molecular formula is C23H16ClN3O5S. The summed E-state index contributed by atoms with van der Waals surface area (Å²) in [6, 6.07) is 12.6. The van der Waals surface area contributed by atoms with Gasteiger partial charge in [0.1, 0.15) is 17.1 Å². The molecule has 10 heteroatoms. The number of hydrogen-bond acceptors (Lipinski definition) is 6. The van der Waals surface area contributed by atoms with Gasteiger partial charge in [0.05, 0.1) is 15.6 Å². The van der Waals surface area contributed by atoms with E-state index in [1.807, 2.05) is 19.9 Å². The third-order valence-corrected chi connectivity index (χ3v) is 5.86. The smallest absolute Gasteiger partial charge is 0.270 e. The van der Waals surface area contributed by atoms with Crippen molar-refractivity contribution in [2.24, 2.45) is 0 Å². The first kappa shape index (κ1) is 22.4. The molecule has 2 heterocycles. The van der Waals surface area contributed by atoms with Crippen molar-refractivity contribution in [1.29, 1.82) is 0 Å². The van der Waals surface area contributed by atoms with E-state index in [1.165, 1.54) is 29.2 Å². The summed E-state index contributed by atoms with van der Waals surface area (Å²) in [5.74, 6) is -0.666.